The first-order valence-electron chi connectivity index (χ1n) is 9.21. The molecule has 0 aliphatic carbocycles. The van der Waals surface area contributed by atoms with Gasteiger partial charge in [-0.3, -0.25) is 19.4 Å². The third-order valence-electron chi connectivity index (χ3n) is 4.83. The lowest BCUT2D eigenvalue weighted by Crippen LogP contribution is -2.40. The first-order valence-corrected chi connectivity index (χ1v) is 9.59. The third kappa shape index (κ3) is 4.41. The average molecular weight is 415 g/mol. The maximum absolute atomic E-state index is 12.9. The van der Waals surface area contributed by atoms with Gasteiger partial charge in [-0.15, -0.1) is 0 Å². The molecule has 0 radical (unpaired) electrons. The van der Waals surface area contributed by atoms with Gasteiger partial charge in [0, 0.05) is 29.9 Å². The molecule has 152 valence electrons. The molecule has 1 aliphatic rings. The second kappa shape index (κ2) is 8.63. The number of anilines is 1. The molecule has 1 aliphatic heterocycles. The lowest BCUT2D eigenvalue weighted by atomic mass is 10.1. The number of carbonyl (C=O) groups is 3. The van der Waals surface area contributed by atoms with Crippen molar-refractivity contribution in [1.82, 2.24) is 15.1 Å². The minimum atomic E-state index is -0.580. The van der Waals surface area contributed by atoms with E-state index >= 15 is 0 Å². The fraction of sp³-hybridized carbons (Fsp3) is 0.286. The molecule has 1 N–H and O–H groups in total. The highest BCUT2D eigenvalue weighted by Crippen LogP contribution is 2.27. The summed E-state index contributed by atoms with van der Waals surface area (Å²) in [5, 5.41) is 3.15. The molecule has 29 heavy (non-hydrogen) atoms. The van der Waals surface area contributed by atoms with Crippen LogP contribution in [0.2, 0.25) is 5.02 Å². The van der Waals surface area contributed by atoms with E-state index < -0.39 is 6.04 Å². The van der Waals surface area contributed by atoms with Gasteiger partial charge in [0.1, 0.15) is 6.04 Å². The summed E-state index contributed by atoms with van der Waals surface area (Å²) in [5.41, 5.74) is 2.19. The lowest BCUT2D eigenvalue weighted by Gasteiger charge is -2.23. The van der Waals surface area contributed by atoms with Crippen molar-refractivity contribution in [1.29, 1.82) is 0 Å². The summed E-state index contributed by atoms with van der Waals surface area (Å²) in [7, 11) is 3.42. The monoisotopic (exact) mass is 414 g/mol. The molecule has 2 aromatic carbocycles. The normalized spacial score (nSPS) is 16.7. The van der Waals surface area contributed by atoms with Gasteiger partial charge in [-0.05, 0) is 55.9 Å². The number of halogens is 1. The predicted octanol–water partition coefficient (Wildman–Crippen LogP) is 2.95. The molecule has 3 rings (SSSR count). The standard InChI is InChI=1S/C21H23ClN4O3/c1-14-20(28)25(21(29)26(14)18-10-8-17(22)9-11-18)13-24(3)12-15-4-6-16(7-5-15)19(27)23-2/h4-11,14H,12-13H2,1-3H3,(H,23,27)/t14-/m0/s1. The molecule has 7 nitrogen and oxygen atoms in total. The van der Waals surface area contributed by atoms with Crippen LogP contribution in [0.15, 0.2) is 48.5 Å². The summed E-state index contributed by atoms with van der Waals surface area (Å²) >= 11 is 5.92. The zero-order valence-corrected chi connectivity index (χ0v) is 17.3. The van der Waals surface area contributed by atoms with Crippen molar-refractivity contribution in [3.05, 3.63) is 64.7 Å². The number of amides is 4. The van der Waals surface area contributed by atoms with E-state index in [0.29, 0.717) is 22.8 Å². The Bertz CT molecular complexity index is 915. The van der Waals surface area contributed by atoms with Crippen LogP contribution in [0.5, 0.6) is 0 Å². The zero-order chi connectivity index (χ0) is 21.1. The molecule has 1 heterocycles. The van der Waals surface area contributed by atoms with Crippen LogP contribution in [0.4, 0.5) is 10.5 Å². The Morgan fingerprint density at radius 2 is 1.72 bits per heavy atom. The lowest BCUT2D eigenvalue weighted by molar-refractivity contribution is -0.128. The number of nitrogens with one attached hydrogen (secondary N) is 1. The molecule has 0 saturated carbocycles. The van der Waals surface area contributed by atoms with Gasteiger partial charge in [0.15, 0.2) is 0 Å². The van der Waals surface area contributed by atoms with E-state index in [0.717, 1.165) is 5.56 Å². The van der Waals surface area contributed by atoms with Crippen LogP contribution in [0.25, 0.3) is 0 Å². The molecule has 0 bridgehead atoms. The quantitative estimate of drug-likeness (QED) is 0.737. The van der Waals surface area contributed by atoms with Crippen LogP contribution in [0, 0.1) is 0 Å². The van der Waals surface area contributed by atoms with Crippen molar-refractivity contribution in [2.24, 2.45) is 0 Å². The maximum Gasteiger partial charge on any atom is 0.333 e. The van der Waals surface area contributed by atoms with Crippen LogP contribution in [0.3, 0.4) is 0 Å². The first kappa shape index (κ1) is 20.8. The van der Waals surface area contributed by atoms with Crippen molar-refractivity contribution < 1.29 is 14.4 Å². The minimum absolute atomic E-state index is 0.144. The Morgan fingerprint density at radius 1 is 1.10 bits per heavy atom. The highest BCUT2D eigenvalue weighted by molar-refractivity contribution is 6.30. The molecule has 0 aromatic heterocycles. The molecular weight excluding hydrogens is 392 g/mol. The van der Waals surface area contributed by atoms with Gasteiger partial charge in [-0.1, -0.05) is 23.7 Å². The molecule has 0 unspecified atom stereocenters. The van der Waals surface area contributed by atoms with Crippen molar-refractivity contribution in [3.63, 3.8) is 0 Å². The molecule has 8 heteroatoms. The molecular formula is C21H23ClN4O3. The summed E-state index contributed by atoms with van der Waals surface area (Å²) in [6, 6.07) is 13.1. The van der Waals surface area contributed by atoms with Gasteiger partial charge < -0.3 is 5.32 Å². The van der Waals surface area contributed by atoms with Crippen molar-refractivity contribution >= 4 is 35.1 Å². The Morgan fingerprint density at radius 3 is 2.31 bits per heavy atom. The second-order valence-electron chi connectivity index (χ2n) is 7.00. The molecule has 1 fully saturated rings. The molecule has 1 atom stereocenters. The second-order valence-corrected chi connectivity index (χ2v) is 7.44. The Labute approximate surface area is 174 Å². The molecule has 4 amide bonds. The average Bonchev–Trinajstić information content (AvgIpc) is 2.92. The summed E-state index contributed by atoms with van der Waals surface area (Å²) in [4.78, 5) is 41.8. The van der Waals surface area contributed by atoms with Gasteiger partial charge in [0.2, 0.25) is 0 Å². The van der Waals surface area contributed by atoms with Crippen LogP contribution in [-0.4, -0.2) is 54.5 Å². The van der Waals surface area contributed by atoms with Crippen molar-refractivity contribution in [3.8, 4) is 0 Å². The number of rotatable bonds is 6. The van der Waals surface area contributed by atoms with Gasteiger partial charge in [-0.25, -0.2) is 9.69 Å². The fourth-order valence-corrected chi connectivity index (χ4v) is 3.43. The highest BCUT2D eigenvalue weighted by Gasteiger charge is 2.43. The first-order chi connectivity index (χ1) is 13.8. The van der Waals surface area contributed by atoms with Crippen LogP contribution < -0.4 is 10.2 Å². The topological polar surface area (TPSA) is 73.0 Å². The number of benzene rings is 2. The van der Waals surface area contributed by atoms with Crippen LogP contribution >= 0.6 is 11.6 Å². The van der Waals surface area contributed by atoms with Gasteiger partial charge in [0.25, 0.3) is 11.8 Å². The van der Waals surface area contributed by atoms with E-state index in [1.807, 2.05) is 24.1 Å². The number of urea groups is 1. The van der Waals surface area contributed by atoms with E-state index in [9.17, 15) is 14.4 Å². The Kier molecular flexibility index (Phi) is 6.20. The molecule has 1 saturated heterocycles. The predicted molar refractivity (Wildman–Crippen MR) is 112 cm³/mol. The van der Waals surface area contributed by atoms with Crippen LogP contribution in [0.1, 0.15) is 22.8 Å². The fourth-order valence-electron chi connectivity index (χ4n) is 3.30. The number of hydrogen-bond donors (Lipinski definition) is 1. The number of hydrogen-bond acceptors (Lipinski definition) is 4. The summed E-state index contributed by atoms with van der Waals surface area (Å²) in [6.45, 7) is 2.41. The SMILES string of the molecule is CNC(=O)c1ccc(CN(C)CN2C(=O)[C@H](C)N(c3ccc(Cl)cc3)C2=O)cc1. The van der Waals surface area contributed by atoms with E-state index in [1.165, 1.54) is 9.80 Å². The van der Waals surface area contributed by atoms with E-state index in [1.54, 1.807) is 50.4 Å². The largest absolute Gasteiger partial charge is 0.355 e. The number of carbonyl (C=O) groups excluding carboxylic acids is 3. The molecule has 0 spiro atoms. The molecule has 2 aromatic rings. The van der Waals surface area contributed by atoms with Crippen molar-refractivity contribution in [2.45, 2.75) is 19.5 Å². The Hall–Kier alpha value is -2.90. The van der Waals surface area contributed by atoms with Gasteiger partial charge in [-0.2, -0.15) is 0 Å². The Balaban J connectivity index is 1.67. The van der Waals surface area contributed by atoms with Gasteiger partial charge in [0.05, 0.1) is 6.67 Å². The number of imide groups is 1. The van der Waals surface area contributed by atoms with Crippen molar-refractivity contribution in [2.75, 3.05) is 25.7 Å². The van der Waals surface area contributed by atoms with E-state index in [-0.39, 0.29) is 24.5 Å². The summed E-state index contributed by atoms with van der Waals surface area (Å²) in [6.07, 6.45) is 0. The van der Waals surface area contributed by atoms with E-state index in [2.05, 4.69) is 5.32 Å². The summed E-state index contributed by atoms with van der Waals surface area (Å²) in [5.74, 6) is -0.388. The third-order valence-corrected chi connectivity index (χ3v) is 5.08. The van der Waals surface area contributed by atoms with E-state index in [4.69, 9.17) is 11.6 Å². The maximum atomic E-state index is 12.9. The smallest absolute Gasteiger partial charge is 0.333 e. The van der Waals surface area contributed by atoms with Crippen LogP contribution in [-0.2, 0) is 11.3 Å². The highest BCUT2D eigenvalue weighted by atomic mass is 35.5. The van der Waals surface area contributed by atoms with Gasteiger partial charge >= 0.3 is 6.03 Å². The summed E-state index contributed by atoms with van der Waals surface area (Å²) < 4.78 is 0. The zero-order valence-electron chi connectivity index (χ0n) is 16.6. The minimum Gasteiger partial charge on any atom is -0.355 e. The number of nitrogens with zero attached hydrogens (tertiary/aromatic N) is 3.